The third-order valence-corrected chi connectivity index (χ3v) is 5.87. The minimum absolute atomic E-state index is 0.00155. The van der Waals surface area contributed by atoms with E-state index in [1.165, 1.54) is 0 Å². The molecule has 0 radical (unpaired) electrons. The summed E-state index contributed by atoms with van der Waals surface area (Å²) < 4.78 is 5.89. The maximum absolute atomic E-state index is 13.7. The maximum Gasteiger partial charge on any atom is 0.307 e. The number of carbonyl (C=O) groups excluding carboxylic acids is 1. The molecule has 7 nitrogen and oxygen atoms in total. The van der Waals surface area contributed by atoms with Crippen LogP contribution < -0.4 is 15.4 Å². The van der Waals surface area contributed by atoms with Crippen molar-refractivity contribution in [2.75, 3.05) is 26.2 Å². The van der Waals surface area contributed by atoms with E-state index in [9.17, 15) is 9.59 Å². The Morgan fingerprint density at radius 2 is 1.85 bits per heavy atom. The van der Waals surface area contributed by atoms with Crippen LogP contribution in [0.3, 0.4) is 0 Å². The molecule has 1 fully saturated rings. The normalized spacial score (nSPS) is 17.8. The summed E-state index contributed by atoms with van der Waals surface area (Å²) in [5.74, 6) is -0.175. The zero-order chi connectivity index (χ0) is 23.8. The number of benzene rings is 2. The van der Waals surface area contributed by atoms with Crippen LogP contribution in [0, 0.1) is 0 Å². The number of allylic oxidation sites excluding steroid dienone is 2. The molecule has 2 aliphatic rings. The van der Waals surface area contributed by atoms with Gasteiger partial charge >= 0.3 is 5.97 Å². The second-order valence-electron chi connectivity index (χ2n) is 8.23. The van der Waals surface area contributed by atoms with Crippen LogP contribution in [0.25, 0.3) is 5.70 Å². The highest BCUT2D eigenvalue weighted by atomic mass is 16.5. The van der Waals surface area contributed by atoms with Gasteiger partial charge in [0.2, 0.25) is 0 Å². The molecule has 2 heterocycles. The molecule has 2 aromatic carbocycles. The van der Waals surface area contributed by atoms with Crippen molar-refractivity contribution in [2.45, 2.75) is 18.9 Å². The molecule has 2 aliphatic heterocycles. The monoisotopic (exact) mass is 459 g/mol. The molecule has 0 aromatic heterocycles. The summed E-state index contributed by atoms with van der Waals surface area (Å²) in [7, 11) is 0. The van der Waals surface area contributed by atoms with E-state index in [-0.39, 0.29) is 18.4 Å². The van der Waals surface area contributed by atoms with Gasteiger partial charge in [0.1, 0.15) is 5.75 Å². The summed E-state index contributed by atoms with van der Waals surface area (Å²) in [4.78, 5) is 26.5. The highest BCUT2D eigenvalue weighted by Crippen LogP contribution is 2.23. The number of ether oxygens (including phenoxy) is 1. The minimum Gasteiger partial charge on any atom is -0.494 e. The number of amides is 1. The minimum atomic E-state index is -0.858. The molecule has 0 unspecified atom stereocenters. The third kappa shape index (κ3) is 5.94. The van der Waals surface area contributed by atoms with Gasteiger partial charge in [-0.3, -0.25) is 9.59 Å². The Bertz CT molecular complexity index is 1090. The highest BCUT2D eigenvalue weighted by molar-refractivity contribution is 6.04. The molecule has 1 atom stereocenters. The Hall–Kier alpha value is -3.84. The molecular weight excluding hydrogens is 430 g/mol. The zero-order valence-corrected chi connectivity index (χ0v) is 18.9. The molecule has 0 aliphatic carbocycles. The summed E-state index contributed by atoms with van der Waals surface area (Å²) in [5.41, 5.74) is 3.13. The van der Waals surface area contributed by atoms with Crippen LogP contribution >= 0.6 is 0 Å². The highest BCUT2D eigenvalue weighted by Gasteiger charge is 2.29. The average Bonchev–Trinajstić information content (AvgIpc) is 3.11. The largest absolute Gasteiger partial charge is 0.494 e. The maximum atomic E-state index is 13.7. The predicted octanol–water partition coefficient (Wildman–Crippen LogP) is 2.97. The van der Waals surface area contributed by atoms with E-state index in [4.69, 9.17) is 9.84 Å². The summed E-state index contributed by atoms with van der Waals surface area (Å²) >= 11 is 0. The van der Waals surface area contributed by atoms with Gasteiger partial charge in [0.05, 0.1) is 24.3 Å². The molecule has 3 N–H and O–H groups in total. The van der Waals surface area contributed by atoms with E-state index in [1.807, 2.05) is 59.7 Å². The van der Waals surface area contributed by atoms with Crippen LogP contribution in [0.4, 0.5) is 0 Å². The fourth-order valence-corrected chi connectivity index (χ4v) is 4.15. The molecule has 7 heteroatoms. The number of nitrogens with zero attached hydrogens (tertiary/aromatic N) is 1. The second kappa shape index (κ2) is 11.3. The summed E-state index contributed by atoms with van der Waals surface area (Å²) in [6.07, 6.45) is 8.14. The van der Waals surface area contributed by atoms with Gasteiger partial charge < -0.3 is 25.4 Å². The molecule has 0 bridgehead atoms. The average molecular weight is 460 g/mol. The molecule has 0 spiro atoms. The van der Waals surface area contributed by atoms with Crippen LogP contribution in [0.5, 0.6) is 5.75 Å². The summed E-state index contributed by atoms with van der Waals surface area (Å²) in [6, 6.07) is 17.0. The first-order valence-corrected chi connectivity index (χ1v) is 11.5. The first kappa shape index (κ1) is 23.3. The molecule has 2 aromatic rings. The lowest BCUT2D eigenvalue weighted by atomic mass is 10.0. The number of carboxylic acids is 1. The number of rotatable bonds is 8. The van der Waals surface area contributed by atoms with Gasteiger partial charge in [0.25, 0.3) is 5.91 Å². The van der Waals surface area contributed by atoms with Crippen LogP contribution in [0.15, 0.2) is 84.6 Å². The molecule has 1 saturated heterocycles. The number of carbonyl (C=O) groups is 2. The quantitative estimate of drug-likeness (QED) is 0.562. The van der Waals surface area contributed by atoms with Gasteiger partial charge in [-0.25, -0.2) is 0 Å². The molecule has 34 heavy (non-hydrogen) atoms. The van der Waals surface area contributed by atoms with Crippen molar-refractivity contribution in [1.29, 1.82) is 0 Å². The molecule has 1 amide bonds. The van der Waals surface area contributed by atoms with Crippen molar-refractivity contribution in [3.8, 4) is 5.75 Å². The SMILES string of the molecule is O=C(O)Cc1ccc(OCC[C@@H]2CNCCN2C(=O)C2=C(c3ccccc3)NC=CC=C2)cc1. The van der Waals surface area contributed by atoms with Crippen LogP contribution in [0.1, 0.15) is 17.5 Å². The second-order valence-corrected chi connectivity index (χ2v) is 8.23. The van der Waals surface area contributed by atoms with Crippen molar-refractivity contribution in [2.24, 2.45) is 0 Å². The van der Waals surface area contributed by atoms with E-state index in [0.717, 1.165) is 23.4 Å². The van der Waals surface area contributed by atoms with Crippen LogP contribution in [-0.2, 0) is 16.0 Å². The Morgan fingerprint density at radius 1 is 1.06 bits per heavy atom. The number of hydrogen-bond donors (Lipinski definition) is 3. The Morgan fingerprint density at radius 3 is 2.62 bits per heavy atom. The van der Waals surface area contributed by atoms with Crippen molar-refractivity contribution in [1.82, 2.24) is 15.5 Å². The first-order chi connectivity index (χ1) is 16.6. The van der Waals surface area contributed by atoms with Crippen LogP contribution in [0.2, 0.25) is 0 Å². The fraction of sp³-hybridized carbons (Fsp3) is 0.259. The Balaban J connectivity index is 1.44. The topological polar surface area (TPSA) is 90.9 Å². The van der Waals surface area contributed by atoms with E-state index < -0.39 is 5.97 Å². The lowest BCUT2D eigenvalue weighted by Crippen LogP contribution is -2.54. The Labute approximate surface area is 199 Å². The van der Waals surface area contributed by atoms with Crippen molar-refractivity contribution < 1.29 is 19.4 Å². The van der Waals surface area contributed by atoms with Gasteiger partial charge in [-0.2, -0.15) is 0 Å². The summed E-state index contributed by atoms with van der Waals surface area (Å²) in [6.45, 7) is 2.53. The number of aliphatic carboxylic acids is 1. The lowest BCUT2D eigenvalue weighted by molar-refractivity contribution is -0.136. The van der Waals surface area contributed by atoms with Gasteiger partial charge in [0, 0.05) is 38.3 Å². The number of nitrogens with one attached hydrogen (secondary N) is 2. The number of piperazine rings is 1. The molecule has 0 saturated carbocycles. The molecule has 4 rings (SSSR count). The van der Waals surface area contributed by atoms with Gasteiger partial charge in [-0.05, 0) is 35.4 Å². The summed E-state index contributed by atoms with van der Waals surface area (Å²) in [5, 5.41) is 15.6. The van der Waals surface area contributed by atoms with E-state index in [2.05, 4.69) is 10.6 Å². The fourth-order valence-electron chi connectivity index (χ4n) is 4.15. The van der Waals surface area contributed by atoms with Gasteiger partial charge in [-0.15, -0.1) is 0 Å². The number of carboxylic acid groups (broad SMARTS) is 1. The van der Waals surface area contributed by atoms with E-state index in [1.54, 1.807) is 24.3 Å². The van der Waals surface area contributed by atoms with Crippen molar-refractivity contribution in [3.05, 3.63) is 95.7 Å². The van der Waals surface area contributed by atoms with Crippen LogP contribution in [-0.4, -0.2) is 54.2 Å². The molecular formula is C27H29N3O4. The van der Waals surface area contributed by atoms with E-state index in [0.29, 0.717) is 37.4 Å². The predicted molar refractivity (Wildman–Crippen MR) is 131 cm³/mol. The standard InChI is InChI=1S/C27H29N3O4/c31-25(32)18-20-9-11-23(12-10-20)34-17-13-22-19-28-15-16-30(22)27(33)24-8-4-5-14-29-26(24)21-6-2-1-3-7-21/h1-12,14,22,28-29H,13,15-19H2,(H,31,32)/t22-/m1/s1. The van der Waals surface area contributed by atoms with E-state index >= 15 is 0 Å². The van der Waals surface area contributed by atoms with Gasteiger partial charge in [-0.1, -0.05) is 48.5 Å². The molecule has 176 valence electrons. The lowest BCUT2D eigenvalue weighted by Gasteiger charge is -2.37. The first-order valence-electron chi connectivity index (χ1n) is 11.5. The van der Waals surface area contributed by atoms with Crippen molar-refractivity contribution in [3.63, 3.8) is 0 Å². The number of hydrogen-bond acceptors (Lipinski definition) is 5. The van der Waals surface area contributed by atoms with Crippen molar-refractivity contribution >= 4 is 17.6 Å². The van der Waals surface area contributed by atoms with Gasteiger partial charge in [0.15, 0.2) is 0 Å². The smallest absolute Gasteiger partial charge is 0.307 e. The zero-order valence-electron chi connectivity index (χ0n) is 18.9. The Kier molecular flexibility index (Phi) is 7.78. The third-order valence-electron chi connectivity index (χ3n) is 5.87.